The van der Waals surface area contributed by atoms with Crippen molar-refractivity contribution in [2.75, 3.05) is 0 Å². The Morgan fingerprint density at radius 1 is 1.35 bits per heavy atom. The minimum absolute atomic E-state index is 0.0308. The second-order valence-electron chi connectivity index (χ2n) is 5.69. The fourth-order valence-electron chi connectivity index (χ4n) is 1.77. The van der Waals surface area contributed by atoms with Crippen LogP contribution >= 0.6 is 0 Å². The predicted octanol–water partition coefficient (Wildman–Crippen LogP) is 2.49. The summed E-state index contributed by atoms with van der Waals surface area (Å²) in [7, 11) is 0. The largest absolute Gasteiger partial charge is 0.469 e. The predicted molar refractivity (Wildman–Crippen MR) is 73.0 cm³/mol. The molecule has 0 aliphatic heterocycles. The molecule has 0 radical (unpaired) electrons. The van der Waals surface area contributed by atoms with E-state index in [1.54, 1.807) is 12.3 Å². The van der Waals surface area contributed by atoms with Gasteiger partial charge in [-0.05, 0) is 33.8 Å². The van der Waals surface area contributed by atoms with E-state index >= 15 is 0 Å². The number of nitrogens with zero attached hydrogens (tertiary/aromatic N) is 2. The molecule has 0 saturated heterocycles. The summed E-state index contributed by atoms with van der Waals surface area (Å²) in [5.41, 5.74) is 0.549. The molecule has 2 aromatic rings. The van der Waals surface area contributed by atoms with Crippen LogP contribution in [0.3, 0.4) is 0 Å². The molecule has 1 amide bonds. The number of aromatic nitrogens is 2. The molecule has 1 N–H and O–H groups in total. The van der Waals surface area contributed by atoms with Crippen molar-refractivity contribution in [3.05, 3.63) is 24.0 Å². The van der Waals surface area contributed by atoms with Gasteiger partial charge in [0.2, 0.25) is 11.8 Å². The van der Waals surface area contributed by atoms with E-state index in [1.807, 2.05) is 27.7 Å². The SMILES string of the molecule is Cc1occc1-c1nnc(CCC(=O)NC(C)(C)C)o1. The number of hydrogen-bond acceptors (Lipinski definition) is 5. The molecule has 2 heterocycles. The summed E-state index contributed by atoms with van der Waals surface area (Å²) in [4.78, 5) is 11.7. The van der Waals surface area contributed by atoms with Crippen molar-refractivity contribution < 1.29 is 13.6 Å². The van der Waals surface area contributed by atoms with Crippen LogP contribution in [0.4, 0.5) is 0 Å². The zero-order valence-corrected chi connectivity index (χ0v) is 12.2. The number of rotatable bonds is 4. The fraction of sp³-hybridized carbons (Fsp3) is 0.500. The minimum Gasteiger partial charge on any atom is -0.469 e. The first-order valence-electron chi connectivity index (χ1n) is 6.53. The molecule has 6 heteroatoms. The first-order valence-corrected chi connectivity index (χ1v) is 6.53. The van der Waals surface area contributed by atoms with Crippen LogP contribution in [-0.4, -0.2) is 21.6 Å². The molecule has 20 heavy (non-hydrogen) atoms. The summed E-state index contributed by atoms with van der Waals surface area (Å²) < 4.78 is 10.7. The number of carbonyl (C=O) groups is 1. The molecule has 0 unspecified atom stereocenters. The average molecular weight is 277 g/mol. The van der Waals surface area contributed by atoms with E-state index in [-0.39, 0.29) is 11.4 Å². The van der Waals surface area contributed by atoms with Crippen molar-refractivity contribution in [2.24, 2.45) is 0 Å². The van der Waals surface area contributed by atoms with Crippen molar-refractivity contribution in [1.29, 1.82) is 0 Å². The van der Waals surface area contributed by atoms with Crippen molar-refractivity contribution >= 4 is 5.91 Å². The Morgan fingerprint density at radius 2 is 2.10 bits per heavy atom. The first-order chi connectivity index (χ1) is 9.35. The molecule has 0 bridgehead atoms. The van der Waals surface area contributed by atoms with E-state index < -0.39 is 0 Å². The third kappa shape index (κ3) is 3.69. The van der Waals surface area contributed by atoms with Gasteiger partial charge >= 0.3 is 0 Å². The van der Waals surface area contributed by atoms with Crippen LogP contribution in [0.25, 0.3) is 11.5 Å². The standard InChI is InChI=1S/C14H19N3O3/c1-9-10(7-8-19-9)13-17-16-12(20-13)6-5-11(18)15-14(2,3)4/h7-8H,5-6H2,1-4H3,(H,15,18). The zero-order chi connectivity index (χ0) is 14.8. The van der Waals surface area contributed by atoms with Gasteiger partial charge in [0.05, 0.1) is 11.8 Å². The molecule has 0 saturated carbocycles. The number of nitrogens with one attached hydrogen (secondary N) is 1. The maximum atomic E-state index is 11.7. The molecular formula is C14H19N3O3. The second kappa shape index (κ2) is 5.48. The highest BCUT2D eigenvalue weighted by Gasteiger charge is 2.16. The Morgan fingerprint density at radius 3 is 2.70 bits per heavy atom. The quantitative estimate of drug-likeness (QED) is 0.928. The van der Waals surface area contributed by atoms with Gasteiger partial charge < -0.3 is 14.2 Å². The first kappa shape index (κ1) is 14.3. The molecule has 2 rings (SSSR count). The van der Waals surface area contributed by atoms with Crippen LogP contribution in [0, 0.1) is 6.92 Å². The number of hydrogen-bond donors (Lipinski definition) is 1. The summed E-state index contributed by atoms with van der Waals surface area (Å²) in [5, 5.41) is 10.8. The summed E-state index contributed by atoms with van der Waals surface area (Å²) in [6.07, 6.45) is 2.32. The van der Waals surface area contributed by atoms with Gasteiger partial charge in [0.25, 0.3) is 5.89 Å². The topological polar surface area (TPSA) is 81.2 Å². The maximum Gasteiger partial charge on any atom is 0.251 e. The zero-order valence-electron chi connectivity index (χ0n) is 12.2. The third-order valence-electron chi connectivity index (χ3n) is 2.64. The van der Waals surface area contributed by atoms with Crippen molar-refractivity contribution in [3.8, 4) is 11.5 Å². The average Bonchev–Trinajstić information content (AvgIpc) is 2.92. The van der Waals surface area contributed by atoms with Gasteiger partial charge in [-0.25, -0.2) is 0 Å². The highest BCUT2D eigenvalue weighted by atomic mass is 16.4. The lowest BCUT2D eigenvalue weighted by Crippen LogP contribution is -2.40. The lowest BCUT2D eigenvalue weighted by atomic mass is 10.1. The van der Waals surface area contributed by atoms with E-state index in [1.165, 1.54) is 0 Å². The van der Waals surface area contributed by atoms with Crippen LogP contribution in [0.15, 0.2) is 21.2 Å². The lowest BCUT2D eigenvalue weighted by Gasteiger charge is -2.20. The molecule has 0 spiro atoms. The van der Waals surface area contributed by atoms with Crippen LogP contribution < -0.4 is 5.32 Å². The molecule has 0 fully saturated rings. The molecule has 0 aromatic carbocycles. The Labute approximate surface area is 117 Å². The fourth-order valence-corrected chi connectivity index (χ4v) is 1.77. The van der Waals surface area contributed by atoms with E-state index in [2.05, 4.69) is 15.5 Å². The van der Waals surface area contributed by atoms with Gasteiger partial charge in [0.1, 0.15) is 5.76 Å². The lowest BCUT2D eigenvalue weighted by molar-refractivity contribution is -0.122. The molecule has 0 aliphatic rings. The number of aryl methyl sites for hydroxylation is 2. The summed E-state index contributed by atoms with van der Waals surface area (Å²) in [5.74, 6) is 1.56. The monoisotopic (exact) mass is 277 g/mol. The van der Waals surface area contributed by atoms with Gasteiger partial charge in [0.15, 0.2) is 0 Å². The molecule has 6 nitrogen and oxygen atoms in total. The van der Waals surface area contributed by atoms with Gasteiger partial charge in [0, 0.05) is 18.4 Å². The summed E-state index contributed by atoms with van der Waals surface area (Å²) in [6, 6.07) is 1.78. The van der Waals surface area contributed by atoms with Crippen LogP contribution in [-0.2, 0) is 11.2 Å². The van der Waals surface area contributed by atoms with Gasteiger partial charge in [-0.15, -0.1) is 10.2 Å². The van der Waals surface area contributed by atoms with E-state index in [0.717, 1.165) is 11.3 Å². The van der Waals surface area contributed by atoms with Gasteiger partial charge in [-0.1, -0.05) is 0 Å². The summed E-state index contributed by atoms with van der Waals surface area (Å²) >= 11 is 0. The Kier molecular flexibility index (Phi) is 3.92. The Balaban J connectivity index is 1.94. The summed E-state index contributed by atoms with van der Waals surface area (Å²) in [6.45, 7) is 7.65. The molecule has 108 valence electrons. The number of carbonyl (C=O) groups excluding carboxylic acids is 1. The second-order valence-corrected chi connectivity index (χ2v) is 5.69. The van der Waals surface area contributed by atoms with Crippen molar-refractivity contribution in [1.82, 2.24) is 15.5 Å². The number of amides is 1. The normalized spacial score (nSPS) is 11.6. The van der Waals surface area contributed by atoms with Gasteiger partial charge in [-0.2, -0.15) is 0 Å². The molecular weight excluding hydrogens is 258 g/mol. The number of furan rings is 1. The molecule has 0 aliphatic carbocycles. The maximum absolute atomic E-state index is 11.7. The van der Waals surface area contributed by atoms with E-state index in [4.69, 9.17) is 8.83 Å². The highest BCUT2D eigenvalue weighted by molar-refractivity contribution is 5.76. The van der Waals surface area contributed by atoms with E-state index in [0.29, 0.717) is 24.6 Å². The smallest absolute Gasteiger partial charge is 0.251 e. The highest BCUT2D eigenvalue weighted by Crippen LogP contribution is 2.22. The third-order valence-corrected chi connectivity index (χ3v) is 2.64. The van der Waals surface area contributed by atoms with E-state index in [9.17, 15) is 4.79 Å². The Hall–Kier alpha value is -2.11. The molecule has 0 atom stereocenters. The minimum atomic E-state index is -0.231. The van der Waals surface area contributed by atoms with Gasteiger partial charge in [-0.3, -0.25) is 4.79 Å². The van der Waals surface area contributed by atoms with Crippen molar-refractivity contribution in [2.45, 2.75) is 46.1 Å². The molecule has 2 aromatic heterocycles. The Bertz CT molecular complexity index is 593. The van der Waals surface area contributed by atoms with Crippen LogP contribution in [0.2, 0.25) is 0 Å². The van der Waals surface area contributed by atoms with Crippen molar-refractivity contribution in [3.63, 3.8) is 0 Å². The van der Waals surface area contributed by atoms with Crippen LogP contribution in [0.1, 0.15) is 38.8 Å². The van der Waals surface area contributed by atoms with Crippen LogP contribution in [0.5, 0.6) is 0 Å².